The Labute approximate surface area is 162 Å². The van der Waals surface area contributed by atoms with Gasteiger partial charge in [-0.15, -0.1) is 0 Å². The van der Waals surface area contributed by atoms with Gasteiger partial charge in [-0.1, -0.05) is 23.7 Å². The summed E-state index contributed by atoms with van der Waals surface area (Å²) in [5.74, 6) is -0.628. The van der Waals surface area contributed by atoms with Crippen molar-refractivity contribution in [3.05, 3.63) is 90.0 Å². The molecule has 25 heavy (non-hydrogen) atoms. The van der Waals surface area contributed by atoms with Gasteiger partial charge in [-0.05, 0) is 12.1 Å². The van der Waals surface area contributed by atoms with Crippen molar-refractivity contribution in [1.29, 1.82) is 0 Å². The first-order valence-corrected chi connectivity index (χ1v) is 10.5. The molecule has 0 spiro atoms. The van der Waals surface area contributed by atoms with E-state index < -0.39 is 5.97 Å². The number of halogens is 1. The molecule has 0 aliphatic carbocycles. The van der Waals surface area contributed by atoms with Crippen molar-refractivity contribution < 1.29 is 14.6 Å². The van der Waals surface area contributed by atoms with Gasteiger partial charge in [-0.25, -0.2) is 4.79 Å². The van der Waals surface area contributed by atoms with Crippen molar-refractivity contribution in [2.45, 2.75) is 0 Å². The summed E-state index contributed by atoms with van der Waals surface area (Å²) < 4.78 is 7.91. The minimum atomic E-state index is -1.02. The minimum absolute atomic E-state index is 0.335. The Bertz CT molecular complexity index is 742. The third kappa shape index (κ3) is 7.64. The number of hydrogen-bond acceptors (Lipinski definition) is 2. The van der Waals surface area contributed by atoms with E-state index in [1.54, 1.807) is 24.3 Å². The topological polar surface area (TPSA) is 46.5 Å². The Morgan fingerprint density at radius 2 is 1.32 bits per heavy atom. The number of ether oxygens (including phenoxy) is 1. The Hall–Kier alpha value is -1.96. The first kappa shape index (κ1) is 19.4. The van der Waals surface area contributed by atoms with Crippen LogP contribution in [-0.2, 0) is 4.79 Å². The van der Waals surface area contributed by atoms with Gasteiger partial charge < -0.3 is 9.84 Å². The van der Waals surface area contributed by atoms with Crippen molar-refractivity contribution in [1.82, 2.24) is 0 Å². The first-order valence-electron chi connectivity index (χ1n) is 7.56. The SMILES string of the molecule is O=C(O)COc1ccccc1Cl.c1cc[c]([Sb][c]2ccccc2)cc1. The molecule has 3 rings (SSSR count). The van der Waals surface area contributed by atoms with Gasteiger partial charge in [0, 0.05) is 0 Å². The van der Waals surface area contributed by atoms with E-state index in [0.29, 0.717) is 10.8 Å². The Morgan fingerprint density at radius 3 is 1.80 bits per heavy atom. The van der Waals surface area contributed by atoms with Crippen LogP contribution in [0.25, 0.3) is 0 Å². The summed E-state index contributed by atoms with van der Waals surface area (Å²) >= 11 is 5.35. The molecule has 0 bridgehead atoms. The van der Waals surface area contributed by atoms with Gasteiger partial charge in [0.25, 0.3) is 0 Å². The van der Waals surface area contributed by atoms with Gasteiger partial charge in [-0.3, -0.25) is 0 Å². The third-order valence-corrected chi connectivity index (χ3v) is 6.45. The molecule has 3 aromatic rings. The van der Waals surface area contributed by atoms with Crippen molar-refractivity contribution in [3.63, 3.8) is 0 Å². The predicted octanol–water partition coefficient (Wildman–Crippen LogP) is 3.15. The Morgan fingerprint density at radius 1 is 0.840 bits per heavy atom. The Kier molecular flexibility index (Phi) is 8.37. The van der Waals surface area contributed by atoms with Crippen molar-refractivity contribution in [2.24, 2.45) is 0 Å². The normalized spacial score (nSPS) is 9.64. The second-order valence-electron chi connectivity index (χ2n) is 4.90. The maximum absolute atomic E-state index is 10.1. The van der Waals surface area contributed by atoms with Crippen molar-refractivity contribution in [2.75, 3.05) is 6.61 Å². The number of carboxylic acids is 1. The van der Waals surface area contributed by atoms with Crippen molar-refractivity contribution in [3.8, 4) is 5.75 Å². The number of carboxylic acid groups (broad SMARTS) is 1. The van der Waals surface area contributed by atoms with Crippen LogP contribution in [0.15, 0.2) is 84.9 Å². The number of aliphatic carboxylic acids is 1. The number of carbonyl (C=O) groups is 1. The molecule has 127 valence electrons. The summed E-state index contributed by atoms with van der Waals surface area (Å²) in [7, 11) is 0. The van der Waals surface area contributed by atoms with Gasteiger partial charge in [0.2, 0.25) is 0 Å². The van der Waals surface area contributed by atoms with E-state index in [9.17, 15) is 4.79 Å². The molecule has 0 fully saturated rings. The Balaban J connectivity index is 0.000000181. The molecular formula is C20H17ClO3Sb. The van der Waals surface area contributed by atoms with Gasteiger partial charge in [-0.2, -0.15) is 0 Å². The summed E-state index contributed by atoms with van der Waals surface area (Å²) in [4.78, 5) is 10.1. The van der Waals surface area contributed by atoms with Gasteiger partial charge in [0.15, 0.2) is 6.61 Å². The average molecular weight is 463 g/mol. The van der Waals surface area contributed by atoms with Crippen LogP contribution in [0.1, 0.15) is 0 Å². The molecule has 0 aromatic heterocycles. The summed E-state index contributed by atoms with van der Waals surface area (Å²) in [6.07, 6.45) is 0. The molecule has 0 heterocycles. The number of rotatable bonds is 5. The molecule has 0 saturated carbocycles. The molecule has 1 radical (unpaired) electrons. The fourth-order valence-corrected chi connectivity index (χ4v) is 4.73. The molecule has 0 aliphatic heterocycles. The van der Waals surface area contributed by atoms with E-state index >= 15 is 0 Å². The van der Waals surface area contributed by atoms with E-state index in [4.69, 9.17) is 21.4 Å². The molecule has 3 aromatic carbocycles. The summed E-state index contributed by atoms with van der Waals surface area (Å²) in [5, 5.41) is 8.71. The van der Waals surface area contributed by atoms with Crippen LogP contribution in [0.2, 0.25) is 5.02 Å². The molecule has 1 N–H and O–H groups in total. The monoisotopic (exact) mass is 461 g/mol. The number of hydrogen-bond donors (Lipinski definition) is 1. The summed E-state index contributed by atoms with van der Waals surface area (Å²) in [6.45, 7) is -0.371. The molecular weight excluding hydrogens is 445 g/mol. The fraction of sp³-hybridized carbons (Fsp3) is 0.0500. The van der Waals surface area contributed by atoms with E-state index in [-0.39, 0.29) is 28.2 Å². The van der Waals surface area contributed by atoms with Gasteiger partial charge >= 0.3 is 95.3 Å². The van der Waals surface area contributed by atoms with Crippen LogP contribution >= 0.6 is 11.6 Å². The predicted molar refractivity (Wildman–Crippen MR) is 102 cm³/mol. The standard InChI is InChI=1S/C8H7ClO3.2C6H5.Sb/c9-6-3-1-2-4-7(6)12-5-8(10)11;2*1-2-4-6-5-3-1;/h1-4H,5H2,(H,10,11);2*1-5H;. The maximum atomic E-state index is 10.1. The van der Waals surface area contributed by atoms with E-state index in [0.717, 1.165) is 0 Å². The van der Waals surface area contributed by atoms with Crippen LogP contribution < -0.4 is 11.8 Å². The summed E-state index contributed by atoms with van der Waals surface area (Å²) in [6, 6.07) is 28.3. The van der Waals surface area contributed by atoms with E-state index in [2.05, 4.69) is 60.7 Å². The molecule has 0 aliphatic rings. The first-order chi connectivity index (χ1) is 12.1. The molecule has 0 atom stereocenters. The second-order valence-corrected chi connectivity index (χ2v) is 8.89. The zero-order chi connectivity index (χ0) is 17.9. The zero-order valence-corrected chi connectivity index (χ0v) is 16.7. The van der Waals surface area contributed by atoms with Crippen LogP contribution in [0, 0.1) is 0 Å². The average Bonchev–Trinajstić information content (AvgIpc) is 2.63. The quantitative estimate of drug-likeness (QED) is 0.593. The van der Waals surface area contributed by atoms with E-state index in [1.165, 1.54) is 7.02 Å². The van der Waals surface area contributed by atoms with Crippen LogP contribution in [0.5, 0.6) is 5.75 Å². The molecule has 0 unspecified atom stereocenters. The van der Waals surface area contributed by atoms with Crippen LogP contribution in [-0.4, -0.2) is 39.3 Å². The van der Waals surface area contributed by atoms with Gasteiger partial charge in [0.05, 0.1) is 5.02 Å². The number of benzene rings is 3. The number of para-hydroxylation sites is 1. The summed E-state index contributed by atoms with van der Waals surface area (Å²) in [5.41, 5.74) is 0. The molecule has 5 heteroatoms. The third-order valence-electron chi connectivity index (χ3n) is 2.96. The molecule has 0 amide bonds. The van der Waals surface area contributed by atoms with Crippen LogP contribution in [0.3, 0.4) is 0 Å². The van der Waals surface area contributed by atoms with Crippen LogP contribution in [0.4, 0.5) is 0 Å². The fourth-order valence-electron chi connectivity index (χ4n) is 1.86. The zero-order valence-electron chi connectivity index (χ0n) is 13.4. The van der Waals surface area contributed by atoms with Gasteiger partial charge in [0.1, 0.15) is 5.75 Å². The molecule has 3 nitrogen and oxygen atoms in total. The van der Waals surface area contributed by atoms with Crippen molar-refractivity contribution >= 4 is 46.2 Å². The second kappa shape index (κ2) is 10.8. The molecule has 0 saturated heterocycles. The van der Waals surface area contributed by atoms with E-state index in [1.807, 2.05) is 0 Å².